The van der Waals surface area contributed by atoms with Gasteiger partial charge in [-0.25, -0.2) is 4.98 Å². The number of nitrogens with zero attached hydrogens (tertiary/aromatic N) is 2. The lowest BCUT2D eigenvalue weighted by Crippen LogP contribution is -2.25. The summed E-state index contributed by atoms with van der Waals surface area (Å²) in [6, 6.07) is 15.0. The minimum atomic E-state index is -0.111. The maximum atomic E-state index is 12.2. The molecule has 136 valence electrons. The minimum absolute atomic E-state index is 0.111. The maximum Gasteiger partial charge on any atom is 0.251 e. The van der Waals surface area contributed by atoms with Gasteiger partial charge in [-0.15, -0.1) is 0 Å². The van der Waals surface area contributed by atoms with Crippen molar-refractivity contribution in [1.82, 2.24) is 14.9 Å². The number of rotatable bonds is 8. The molecule has 0 spiro atoms. The molecule has 1 N–H and O–H groups in total. The number of aromatic nitrogens is 2. The van der Waals surface area contributed by atoms with Crippen molar-refractivity contribution in [2.24, 2.45) is 0 Å². The predicted octanol–water partition coefficient (Wildman–Crippen LogP) is 3.70. The van der Waals surface area contributed by atoms with E-state index in [0.29, 0.717) is 23.7 Å². The Labute approximate surface area is 157 Å². The molecule has 26 heavy (non-hydrogen) atoms. The van der Waals surface area contributed by atoms with Crippen LogP contribution in [0.2, 0.25) is 5.02 Å². The van der Waals surface area contributed by atoms with Crippen LogP contribution in [0.15, 0.2) is 48.5 Å². The third-order valence-corrected chi connectivity index (χ3v) is 4.44. The average Bonchev–Trinajstić information content (AvgIpc) is 3.00. The summed E-state index contributed by atoms with van der Waals surface area (Å²) >= 11 is 5.93. The second-order valence-corrected chi connectivity index (χ2v) is 6.47. The molecule has 0 saturated heterocycles. The van der Waals surface area contributed by atoms with Crippen LogP contribution >= 0.6 is 11.6 Å². The fourth-order valence-corrected chi connectivity index (χ4v) is 3.12. The number of hydrogen-bond donors (Lipinski definition) is 1. The van der Waals surface area contributed by atoms with E-state index in [1.54, 1.807) is 31.4 Å². The molecule has 0 aliphatic carbocycles. The Morgan fingerprint density at radius 1 is 1.23 bits per heavy atom. The van der Waals surface area contributed by atoms with Gasteiger partial charge in [0.05, 0.1) is 17.6 Å². The van der Waals surface area contributed by atoms with Gasteiger partial charge in [-0.1, -0.05) is 29.8 Å². The van der Waals surface area contributed by atoms with E-state index in [4.69, 9.17) is 21.3 Å². The van der Waals surface area contributed by atoms with Crippen LogP contribution in [0.5, 0.6) is 0 Å². The summed E-state index contributed by atoms with van der Waals surface area (Å²) in [4.78, 5) is 16.9. The second kappa shape index (κ2) is 8.83. The molecule has 0 atom stereocenters. The van der Waals surface area contributed by atoms with Gasteiger partial charge in [0, 0.05) is 37.2 Å². The van der Waals surface area contributed by atoms with Crippen LogP contribution in [0.1, 0.15) is 22.6 Å². The van der Waals surface area contributed by atoms with Gasteiger partial charge in [0.25, 0.3) is 5.91 Å². The molecule has 2 aromatic carbocycles. The predicted molar refractivity (Wildman–Crippen MR) is 104 cm³/mol. The van der Waals surface area contributed by atoms with E-state index in [1.807, 2.05) is 18.2 Å². The molecule has 0 fully saturated rings. The van der Waals surface area contributed by atoms with Gasteiger partial charge in [-0.3, -0.25) is 4.79 Å². The Hall–Kier alpha value is -2.37. The van der Waals surface area contributed by atoms with Crippen LogP contribution in [0.3, 0.4) is 0 Å². The lowest BCUT2D eigenvalue weighted by Gasteiger charge is -2.09. The van der Waals surface area contributed by atoms with Gasteiger partial charge in [0.1, 0.15) is 5.82 Å². The molecule has 6 heteroatoms. The van der Waals surface area contributed by atoms with Crippen LogP contribution in [0.4, 0.5) is 0 Å². The van der Waals surface area contributed by atoms with E-state index in [2.05, 4.69) is 16.0 Å². The van der Waals surface area contributed by atoms with E-state index in [1.165, 1.54) is 0 Å². The average molecular weight is 372 g/mol. The molecule has 1 aromatic heterocycles. The summed E-state index contributed by atoms with van der Waals surface area (Å²) in [5, 5.41) is 3.49. The van der Waals surface area contributed by atoms with Gasteiger partial charge in [-0.2, -0.15) is 0 Å². The number of carbonyl (C=O) groups is 1. The fourth-order valence-electron chi connectivity index (χ4n) is 2.93. The molecular formula is C20H22ClN3O2. The van der Waals surface area contributed by atoms with Crippen molar-refractivity contribution in [3.8, 4) is 0 Å². The molecule has 3 rings (SSSR count). The topological polar surface area (TPSA) is 56.1 Å². The third kappa shape index (κ3) is 4.42. The largest absolute Gasteiger partial charge is 0.383 e. The molecule has 0 unspecified atom stereocenters. The van der Waals surface area contributed by atoms with Gasteiger partial charge < -0.3 is 14.6 Å². The van der Waals surface area contributed by atoms with Gasteiger partial charge in [0.2, 0.25) is 0 Å². The summed E-state index contributed by atoms with van der Waals surface area (Å²) in [5.41, 5.74) is 2.67. The molecule has 5 nitrogen and oxygen atoms in total. The highest BCUT2D eigenvalue weighted by molar-refractivity contribution is 6.30. The van der Waals surface area contributed by atoms with E-state index in [-0.39, 0.29) is 5.91 Å². The summed E-state index contributed by atoms with van der Waals surface area (Å²) < 4.78 is 7.41. The van der Waals surface area contributed by atoms with E-state index in [0.717, 1.165) is 36.2 Å². The molecule has 0 aliphatic rings. The number of methoxy groups -OCH3 is 1. The third-order valence-electron chi connectivity index (χ3n) is 4.20. The van der Waals surface area contributed by atoms with Gasteiger partial charge in [0.15, 0.2) is 0 Å². The first kappa shape index (κ1) is 18.4. The van der Waals surface area contributed by atoms with Crippen LogP contribution < -0.4 is 5.32 Å². The highest BCUT2D eigenvalue weighted by atomic mass is 35.5. The SMILES string of the molecule is COCCn1c(CCCNC(=O)c2cccc(Cl)c2)nc2ccccc21. The number of nitrogens with one attached hydrogen (secondary N) is 1. The zero-order valence-electron chi connectivity index (χ0n) is 14.7. The van der Waals surface area contributed by atoms with Crippen molar-refractivity contribution in [3.05, 3.63) is 64.9 Å². The smallest absolute Gasteiger partial charge is 0.251 e. The Morgan fingerprint density at radius 3 is 2.88 bits per heavy atom. The van der Waals surface area contributed by atoms with E-state index in [9.17, 15) is 4.79 Å². The number of halogens is 1. The molecule has 0 radical (unpaired) electrons. The van der Waals surface area contributed by atoms with Crippen LogP contribution in [-0.2, 0) is 17.7 Å². The number of ether oxygens (including phenoxy) is 1. The number of aryl methyl sites for hydroxylation is 1. The summed E-state index contributed by atoms with van der Waals surface area (Å²) in [6.07, 6.45) is 1.59. The van der Waals surface area contributed by atoms with Crippen LogP contribution in [0, 0.1) is 0 Å². The minimum Gasteiger partial charge on any atom is -0.383 e. The zero-order chi connectivity index (χ0) is 18.4. The Kier molecular flexibility index (Phi) is 6.26. The van der Waals surface area contributed by atoms with Crippen molar-refractivity contribution in [3.63, 3.8) is 0 Å². The van der Waals surface area contributed by atoms with E-state index >= 15 is 0 Å². The highest BCUT2D eigenvalue weighted by Crippen LogP contribution is 2.17. The fraction of sp³-hybridized carbons (Fsp3) is 0.300. The lowest BCUT2D eigenvalue weighted by molar-refractivity contribution is 0.0953. The van der Waals surface area contributed by atoms with Crippen molar-refractivity contribution < 1.29 is 9.53 Å². The molecule has 3 aromatic rings. The van der Waals surface area contributed by atoms with Crippen molar-refractivity contribution >= 4 is 28.5 Å². The maximum absolute atomic E-state index is 12.2. The van der Waals surface area contributed by atoms with Crippen LogP contribution in [-0.4, -0.2) is 35.7 Å². The Balaban J connectivity index is 1.60. The standard InChI is InChI=1S/C20H22ClN3O2/c1-26-13-12-24-18-9-3-2-8-17(18)23-19(24)10-5-11-22-20(25)15-6-4-7-16(21)14-15/h2-4,6-9,14H,5,10-13H2,1H3,(H,22,25). The Bertz CT molecular complexity index is 892. The van der Waals surface area contributed by atoms with Gasteiger partial charge in [-0.05, 0) is 36.8 Å². The van der Waals surface area contributed by atoms with Crippen LogP contribution in [0.25, 0.3) is 11.0 Å². The molecule has 1 heterocycles. The molecule has 0 aliphatic heterocycles. The number of imidazole rings is 1. The number of fused-ring (bicyclic) bond motifs is 1. The lowest BCUT2D eigenvalue weighted by atomic mass is 10.2. The number of carbonyl (C=O) groups excluding carboxylic acids is 1. The second-order valence-electron chi connectivity index (χ2n) is 6.03. The van der Waals surface area contributed by atoms with Crippen molar-refractivity contribution in [2.45, 2.75) is 19.4 Å². The molecule has 0 saturated carbocycles. The summed E-state index contributed by atoms with van der Waals surface area (Å²) in [5.74, 6) is 0.903. The van der Waals surface area contributed by atoms with E-state index < -0.39 is 0 Å². The molecule has 1 amide bonds. The normalized spacial score (nSPS) is 11.0. The first-order valence-electron chi connectivity index (χ1n) is 8.66. The highest BCUT2D eigenvalue weighted by Gasteiger charge is 2.10. The Morgan fingerprint density at radius 2 is 2.08 bits per heavy atom. The molecular weight excluding hydrogens is 350 g/mol. The van der Waals surface area contributed by atoms with Crippen molar-refractivity contribution in [1.29, 1.82) is 0 Å². The quantitative estimate of drug-likeness (QED) is 0.614. The summed E-state index contributed by atoms with van der Waals surface area (Å²) in [6.45, 7) is 1.99. The first-order chi connectivity index (χ1) is 12.7. The molecule has 0 bridgehead atoms. The number of benzene rings is 2. The number of hydrogen-bond acceptors (Lipinski definition) is 3. The zero-order valence-corrected chi connectivity index (χ0v) is 15.5. The number of para-hydroxylation sites is 2. The van der Waals surface area contributed by atoms with Crippen molar-refractivity contribution in [2.75, 3.05) is 20.3 Å². The first-order valence-corrected chi connectivity index (χ1v) is 9.03. The summed E-state index contributed by atoms with van der Waals surface area (Å²) in [7, 11) is 1.70. The number of amides is 1. The monoisotopic (exact) mass is 371 g/mol. The van der Waals surface area contributed by atoms with Gasteiger partial charge >= 0.3 is 0 Å².